The Morgan fingerprint density at radius 3 is 2.66 bits per heavy atom. The van der Waals surface area contributed by atoms with E-state index in [9.17, 15) is 4.79 Å². The summed E-state index contributed by atoms with van der Waals surface area (Å²) >= 11 is 0. The lowest BCUT2D eigenvalue weighted by Gasteiger charge is -2.29. The monoisotopic (exact) mass is 474 g/mol. The first-order valence-electron chi connectivity index (χ1n) is 11.7. The van der Waals surface area contributed by atoms with Gasteiger partial charge in [-0.25, -0.2) is 9.67 Å². The molecule has 1 aromatic carbocycles. The van der Waals surface area contributed by atoms with Crippen LogP contribution in [0, 0.1) is 6.92 Å². The minimum Gasteiger partial charge on any atom is -0.378 e. The van der Waals surface area contributed by atoms with Gasteiger partial charge < -0.3 is 20.3 Å². The Morgan fingerprint density at radius 2 is 1.94 bits per heavy atom. The van der Waals surface area contributed by atoms with Gasteiger partial charge in [0, 0.05) is 43.0 Å². The fourth-order valence-electron chi connectivity index (χ4n) is 4.34. The first-order valence-corrected chi connectivity index (χ1v) is 11.7. The third-order valence-electron chi connectivity index (χ3n) is 6.17. The van der Waals surface area contributed by atoms with Gasteiger partial charge in [-0.2, -0.15) is 14.7 Å². The van der Waals surface area contributed by atoms with Crippen LogP contribution in [0.25, 0.3) is 22.7 Å². The zero-order chi connectivity index (χ0) is 24.5. The minimum atomic E-state index is -0.556. The van der Waals surface area contributed by atoms with Crippen molar-refractivity contribution < 1.29 is 9.53 Å². The number of primary amides is 1. The van der Waals surface area contributed by atoms with Crippen molar-refractivity contribution in [3.63, 3.8) is 0 Å². The molecule has 2 N–H and O–H groups in total. The molecule has 182 valence electrons. The summed E-state index contributed by atoms with van der Waals surface area (Å²) in [7, 11) is 3.98. The van der Waals surface area contributed by atoms with Gasteiger partial charge in [-0.05, 0) is 39.6 Å². The second-order valence-corrected chi connectivity index (χ2v) is 9.07. The smallest absolute Gasteiger partial charge is 0.269 e. The molecule has 1 fully saturated rings. The van der Waals surface area contributed by atoms with Crippen molar-refractivity contribution in [1.82, 2.24) is 29.3 Å². The maximum Gasteiger partial charge on any atom is 0.269 e. The topological polar surface area (TPSA) is 107 Å². The number of likely N-dealkylation sites (N-methyl/N-ethyl adjacent to an activating group) is 1. The van der Waals surface area contributed by atoms with E-state index in [0.717, 1.165) is 29.2 Å². The largest absolute Gasteiger partial charge is 0.378 e. The first-order chi connectivity index (χ1) is 16.9. The number of ether oxygens (including phenoxy) is 1. The van der Waals surface area contributed by atoms with Crippen LogP contribution in [0.3, 0.4) is 0 Å². The highest BCUT2D eigenvalue weighted by atomic mass is 16.5. The average Bonchev–Trinajstić information content (AvgIpc) is 3.48. The number of aromatic nitrogens is 5. The van der Waals surface area contributed by atoms with Crippen molar-refractivity contribution in [2.24, 2.45) is 5.73 Å². The summed E-state index contributed by atoms with van der Waals surface area (Å²) in [6.45, 7) is 5.47. The number of hydrogen-bond acceptors (Lipinski definition) is 7. The number of aryl methyl sites for hydroxylation is 1. The number of anilines is 1. The summed E-state index contributed by atoms with van der Waals surface area (Å²) in [5, 5.41) is 9.42. The van der Waals surface area contributed by atoms with Crippen molar-refractivity contribution in [2.45, 2.75) is 13.3 Å². The van der Waals surface area contributed by atoms with E-state index in [1.54, 1.807) is 9.20 Å². The van der Waals surface area contributed by atoms with E-state index in [2.05, 4.69) is 34.0 Å². The zero-order valence-electron chi connectivity index (χ0n) is 20.3. The number of carbonyl (C=O) groups excluding carboxylic acids is 1. The molecule has 10 nitrogen and oxygen atoms in total. The number of nitrogens with zero attached hydrogens (tertiary/aromatic N) is 7. The number of carbonyl (C=O) groups is 1. The predicted molar refractivity (Wildman–Crippen MR) is 134 cm³/mol. The molecule has 1 aliphatic rings. The van der Waals surface area contributed by atoms with Gasteiger partial charge in [0.15, 0.2) is 17.2 Å². The molecule has 4 heterocycles. The molecule has 35 heavy (non-hydrogen) atoms. The molecule has 0 aliphatic carbocycles. The number of hydrogen-bond donors (Lipinski definition) is 1. The van der Waals surface area contributed by atoms with Crippen LogP contribution in [0.4, 0.5) is 5.82 Å². The van der Waals surface area contributed by atoms with Crippen LogP contribution in [0.1, 0.15) is 21.6 Å². The molecule has 0 atom stereocenters. The van der Waals surface area contributed by atoms with Gasteiger partial charge in [0.1, 0.15) is 5.82 Å². The number of nitrogens with two attached hydrogens (primary N) is 1. The fourth-order valence-corrected chi connectivity index (χ4v) is 4.34. The Balaban J connectivity index is 1.66. The van der Waals surface area contributed by atoms with Crippen LogP contribution in [-0.4, -0.2) is 82.1 Å². The van der Waals surface area contributed by atoms with Gasteiger partial charge in [0.25, 0.3) is 5.91 Å². The van der Waals surface area contributed by atoms with E-state index in [-0.39, 0.29) is 5.69 Å². The number of fused-ring (bicyclic) bond motifs is 1. The summed E-state index contributed by atoms with van der Waals surface area (Å²) in [5.41, 5.74) is 10.4. The molecule has 1 aliphatic heterocycles. The SMILES string of the molecule is Cc1cccc(-c2ccn(-c3cc(N4CCOCC4)n4nc(C(N)=O)c(CCN(C)C)c4n3)n2)c1. The van der Waals surface area contributed by atoms with Crippen molar-refractivity contribution in [3.05, 3.63) is 59.4 Å². The first kappa shape index (κ1) is 23.0. The van der Waals surface area contributed by atoms with Crippen LogP contribution in [-0.2, 0) is 11.2 Å². The number of benzene rings is 1. The van der Waals surface area contributed by atoms with Gasteiger partial charge in [-0.1, -0.05) is 23.8 Å². The zero-order valence-corrected chi connectivity index (χ0v) is 20.3. The lowest BCUT2D eigenvalue weighted by atomic mass is 10.1. The van der Waals surface area contributed by atoms with E-state index in [1.807, 2.05) is 44.6 Å². The average molecular weight is 475 g/mol. The van der Waals surface area contributed by atoms with Crippen LogP contribution < -0.4 is 10.6 Å². The number of morpholine rings is 1. The Hall–Kier alpha value is -3.76. The van der Waals surface area contributed by atoms with Gasteiger partial charge in [0.2, 0.25) is 0 Å². The standard InChI is InChI=1S/C25H30N8O2/c1-17-5-4-6-18(15-17)20-8-10-32(28-20)21-16-22(31-11-13-35-14-12-31)33-25(27-21)19(7-9-30(2)3)23(29-33)24(26)34/h4-6,8,10,15-16H,7,9,11-14H2,1-3H3,(H2,26,34). The maximum absolute atomic E-state index is 12.3. The van der Waals surface area contributed by atoms with E-state index in [1.165, 1.54) is 5.56 Å². The lowest BCUT2D eigenvalue weighted by molar-refractivity contribution is 0.0994. The molecule has 0 bridgehead atoms. The lowest BCUT2D eigenvalue weighted by Crippen LogP contribution is -2.37. The molecule has 5 rings (SSSR count). The van der Waals surface area contributed by atoms with Crippen molar-refractivity contribution in [1.29, 1.82) is 0 Å². The molecule has 4 aromatic rings. The van der Waals surface area contributed by atoms with E-state index in [0.29, 0.717) is 44.2 Å². The number of rotatable bonds is 7. The molecule has 0 saturated carbocycles. The Kier molecular flexibility index (Phi) is 6.23. The molecule has 1 amide bonds. The summed E-state index contributed by atoms with van der Waals surface area (Å²) < 4.78 is 9.07. The molecule has 0 unspecified atom stereocenters. The Morgan fingerprint density at radius 1 is 1.14 bits per heavy atom. The molecule has 0 radical (unpaired) electrons. The molecular formula is C25H30N8O2. The molecule has 3 aromatic heterocycles. The second kappa shape index (κ2) is 9.47. The Bertz CT molecular complexity index is 1370. The van der Waals surface area contributed by atoms with E-state index in [4.69, 9.17) is 20.6 Å². The highest BCUT2D eigenvalue weighted by Gasteiger charge is 2.24. The second-order valence-electron chi connectivity index (χ2n) is 9.07. The van der Waals surface area contributed by atoms with E-state index >= 15 is 0 Å². The van der Waals surface area contributed by atoms with Crippen LogP contribution in [0.5, 0.6) is 0 Å². The fraction of sp³-hybridized carbons (Fsp3) is 0.360. The third-order valence-corrected chi connectivity index (χ3v) is 6.17. The van der Waals surface area contributed by atoms with E-state index < -0.39 is 5.91 Å². The molecule has 10 heteroatoms. The van der Waals surface area contributed by atoms with Gasteiger partial charge in [-0.3, -0.25) is 4.79 Å². The van der Waals surface area contributed by atoms with Crippen molar-refractivity contribution in [2.75, 3.05) is 51.8 Å². The van der Waals surface area contributed by atoms with Crippen molar-refractivity contribution in [3.8, 4) is 17.1 Å². The minimum absolute atomic E-state index is 0.256. The molecular weight excluding hydrogens is 444 g/mol. The highest BCUT2D eigenvalue weighted by Crippen LogP contribution is 2.26. The molecule has 0 spiro atoms. The third kappa shape index (κ3) is 4.62. The van der Waals surface area contributed by atoms with Crippen molar-refractivity contribution >= 4 is 17.4 Å². The summed E-state index contributed by atoms with van der Waals surface area (Å²) in [6, 6.07) is 12.2. The quantitative estimate of drug-likeness (QED) is 0.436. The van der Waals surface area contributed by atoms with Crippen LogP contribution >= 0.6 is 0 Å². The highest BCUT2D eigenvalue weighted by molar-refractivity contribution is 5.94. The van der Waals surface area contributed by atoms with Gasteiger partial charge in [-0.15, -0.1) is 0 Å². The van der Waals surface area contributed by atoms with Gasteiger partial charge in [0.05, 0.1) is 18.9 Å². The maximum atomic E-state index is 12.3. The Labute approximate surface area is 203 Å². The van der Waals surface area contributed by atoms with Crippen LogP contribution in [0.15, 0.2) is 42.6 Å². The summed E-state index contributed by atoms with van der Waals surface area (Å²) in [4.78, 5) is 21.5. The summed E-state index contributed by atoms with van der Waals surface area (Å²) in [6.07, 6.45) is 2.51. The number of amides is 1. The molecule has 1 saturated heterocycles. The normalized spacial score (nSPS) is 14.2. The summed E-state index contributed by atoms with van der Waals surface area (Å²) in [5.74, 6) is 0.930. The van der Waals surface area contributed by atoms with Gasteiger partial charge >= 0.3 is 0 Å². The predicted octanol–water partition coefficient (Wildman–Crippen LogP) is 1.93. The van der Waals surface area contributed by atoms with Crippen LogP contribution in [0.2, 0.25) is 0 Å².